The van der Waals surface area contributed by atoms with Gasteiger partial charge >= 0.3 is 18.1 Å². The van der Waals surface area contributed by atoms with Crippen molar-refractivity contribution in [1.82, 2.24) is 0 Å². The van der Waals surface area contributed by atoms with Crippen molar-refractivity contribution in [2.45, 2.75) is 6.18 Å². The SMILES string of the molecule is COC(=O)/C=C(/Nc1c(Cl)cc(C(F)(F)F)c(F)c1F)C(=O)OC. The lowest BCUT2D eigenvalue weighted by Crippen LogP contribution is -2.18. The molecule has 0 fully saturated rings. The van der Waals surface area contributed by atoms with Crippen molar-refractivity contribution in [3.63, 3.8) is 0 Å². The number of hydrogen-bond acceptors (Lipinski definition) is 5. The highest BCUT2D eigenvalue weighted by Gasteiger charge is 2.37. The first-order chi connectivity index (χ1) is 11.0. The molecule has 0 aliphatic rings. The quantitative estimate of drug-likeness (QED) is 0.380. The maximum Gasteiger partial charge on any atom is 0.419 e. The van der Waals surface area contributed by atoms with Gasteiger partial charge in [0.2, 0.25) is 0 Å². The predicted octanol–water partition coefficient (Wildman–Crippen LogP) is 3.28. The number of benzene rings is 1. The minimum atomic E-state index is -5.18. The zero-order chi connectivity index (χ0) is 18.7. The number of hydrogen-bond donors (Lipinski definition) is 1. The van der Waals surface area contributed by atoms with Gasteiger partial charge in [-0.3, -0.25) is 0 Å². The van der Waals surface area contributed by atoms with Crippen LogP contribution in [0, 0.1) is 11.6 Å². The van der Waals surface area contributed by atoms with E-state index >= 15 is 0 Å². The smallest absolute Gasteiger partial charge is 0.419 e. The molecule has 0 bridgehead atoms. The summed E-state index contributed by atoms with van der Waals surface area (Å²) in [5, 5.41) is 1.05. The maximum absolute atomic E-state index is 13.9. The molecule has 1 rings (SSSR count). The predicted molar refractivity (Wildman–Crippen MR) is 72.1 cm³/mol. The third-order valence-electron chi connectivity index (χ3n) is 2.59. The number of ether oxygens (including phenoxy) is 2. The zero-order valence-electron chi connectivity index (χ0n) is 12.1. The van der Waals surface area contributed by atoms with E-state index < -0.39 is 51.7 Å². The van der Waals surface area contributed by atoms with Crippen LogP contribution in [0.1, 0.15) is 5.56 Å². The summed E-state index contributed by atoms with van der Waals surface area (Å²) in [6, 6.07) is 0.134. The topological polar surface area (TPSA) is 64.6 Å². The molecule has 0 amide bonds. The molecule has 0 aliphatic heterocycles. The Hall–Kier alpha value is -2.36. The zero-order valence-corrected chi connectivity index (χ0v) is 12.8. The average molecular weight is 374 g/mol. The number of alkyl halides is 3. The van der Waals surface area contributed by atoms with Gasteiger partial charge in [-0.2, -0.15) is 13.2 Å². The van der Waals surface area contributed by atoms with Crippen molar-refractivity contribution in [3.05, 3.63) is 40.1 Å². The first-order valence-electron chi connectivity index (χ1n) is 5.92. The Kier molecular flexibility index (Phi) is 6.13. The second kappa shape index (κ2) is 7.47. The van der Waals surface area contributed by atoms with Crippen LogP contribution < -0.4 is 5.32 Å². The summed E-state index contributed by atoms with van der Waals surface area (Å²) in [4.78, 5) is 22.7. The van der Waals surface area contributed by atoms with Gasteiger partial charge in [-0.1, -0.05) is 11.6 Å². The van der Waals surface area contributed by atoms with Crippen LogP contribution in [0.2, 0.25) is 5.02 Å². The highest BCUT2D eigenvalue weighted by molar-refractivity contribution is 6.33. The molecule has 0 saturated carbocycles. The molecule has 0 radical (unpaired) electrons. The third kappa shape index (κ3) is 4.34. The van der Waals surface area contributed by atoms with Crippen LogP contribution in [-0.2, 0) is 25.2 Å². The second-order valence-electron chi connectivity index (χ2n) is 4.10. The molecule has 0 aliphatic carbocycles. The summed E-state index contributed by atoms with van der Waals surface area (Å²) >= 11 is 5.51. The van der Waals surface area contributed by atoms with Crippen LogP contribution in [-0.4, -0.2) is 26.2 Å². The molecule has 0 aromatic heterocycles. The van der Waals surface area contributed by atoms with Crippen LogP contribution in [0.25, 0.3) is 0 Å². The van der Waals surface area contributed by atoms with Crippen molar-refractivity contribution in [2.75, 3.05) is 19.5 Å². The molecule has 1 aromatic carbocycles. The molecular weight excluding hydrogens is 365 g/mol. The number of esters is 2. The lowest BCUT2D eigenvalue weighted by atomic mass is 10.1. The fourth-order valence-electron chi connectivity index (χ4n) is 1.48. The first kappa shape index (κ1) is 19.7. The van der Waals surface area contributed by atoms with Gasteiger partial charge in [-0.15, -0.1) is 0 Å². The molecule has 0 atom stereocenters. The number of nitrogens with one attached hydrogen (secondary N) is 1. The van der Waals surface area contributed by atoms with E-state index in [9.17, 15) is 31.5 Å². The highest BCUT2D eigenvalue weighted by atomic mass is 35.5. The van der Waals surface area contributed by atoms with Crippen LogP contribution in [0.3, 0.4) is 0 Å². The van der Waals surface area contributed by atoms with E-state index in [1.54, 1.807) is 0 Å². The largest absolute Gasteiger partial charge is 0.466 e. The number of halogens is 6. The molecule has 0 saturated heterocycles. The van der Waals surface area contributed by atoms with E-state index in [1.165, 1.54) is 0 Å². The summed E-state index contributed by atoms with van der Waals surface area (Å²) in [7, 11) is 1.89. The number of carbonyl (C=O) groups is 2. The van der Waals surface area contributed by atoms with E-state index in [1.807, 2.05) is 5.32 Å². The maximum atomic E-state index is 13.9. The standard InChI is InChI=1S/C13H9ClF5NO4/c1-23-8(21)4-7(12(22)24-2)20-11-6(14)3-5(13(17,18)19)9(15)10(11)16/h3-4,20H,1-2H3/b7-4+. The summed E-state index contributed by atoms with van der Waals surface area (Å²) in [5.41, 5.74) is -3.64. The Labute approximate surface area is 137 Å². The Morgan fingerprint density at radius 3 is 2.21 bits per heavy atom. The molecule has 5 nitrogen and oxygen atoms in total. The Morgan fingerprint density at radius 1 is 1.17 bits per heavy atom. The second-order valence-corrected chi connectivity index (χ2v) is 4.51. The van der Waals surface area contributed by atoms with E-state index in [4.69, 9.17) is 11.6 Å². The van der Waals surface area contributed by atoms with Crippen molar-refractivity contribution in [2.24, 2.45) is 0 Å². The number of rotatable bonds is 4. The first-order valence-corrected chi connectivity index (χ1v) is 6.30. The molecule has 1 aromatic rings. The normalized spacial score (nSPS) is 11.9. The lowest BCUT2D eigenvalue weighted by molar-refractivity contribution is -0.140. The Balaban J connectivity index is 3.41. The van der Waals surface area contributed by atoms with Crippen molar-refractivity contribution in [1.29, 1.82) is 0 Å². The molecule has 132 valence electrons. The van der Waals surface area contributed by atoms with E-state index in [2.05, 4.69) is 9.47 Å². The van der Waals surface area contributed by atoms with Crippen molar-refractivity contribution in [3.8, 4) is 0 Å². The van der Waals surface area contributed by atoms with E-state index in [0.29, 0.717) is 6.08 Å². The molecule has 1 N–H and O–H groups in total. The lowest BCUT2D eigenvalue weighted by Gasteiger charge is -2.15. The van der Waals surface area contributed by atoms with Gasteiger partial charge in [0.1, 0.15) is 5.70 Å². The summed E-state index contributed by atoms with van der Waals surface area (Å²) < 4.78 is 73.7. The summed E-state index contributed by atoms with van der Waals surface area (Å²) in [6.45, 7) is 0. The van der Waals surface area contributed by atoms with E-state index in [-0.39, 0.29) is 6.07 Å². The monoisotopic (exact) mass is 373 g/mol. The molecule has 0 unspecified atom stereocenters. The Morgan fingerprint density at radius 2 is 1.75 bits per heavy atom. The molecular formula is C13H9ClF5NO4. The van der Waals surface area contributed by atoms with Crippen molar-refractivity contribution < 1.29 is 41.0 Å². The van der Waals surface area contributed by atoms with Crippen molar-refractivity contribution >= 4 is 29.2 Å². The fraction of sp³-hybridized carbons (Fsp3) is 0.231. The number of anilines is 1. The minimum absolute atomic E-state index is 0.134. The van der Waals surface area contributed by atoms with Crippen LogP contribution in [0.15, 0.2) is 17.8 Å². The molecule has 0 heterocycles. The average Bonchev–Trinajstić information content (AvgIpc) is 2.51. The number of methoxy groups -OCH3 is 2. The van der Waals surface area contributed by atoms with Gasteiger partial charge < -0.3 is 14.8 Å². The summed E-state index contributed by atoms with van der Waals surface area (Å²) in [5.74, 6) is -6.48. The molecule has 11 heteroatoms. The summed E-state index contributed by atoms with van der Waals surface area (Å²) in [6.07, 6.45) is -4.66. The number of carbonyl (C=O) groups excluding carboxylic acids is 2. The van der Waals surface area contributed by atoms with Crippen LogP contribution in [0.4, 0.5) is 27.6 Å². The third-order valence-corrected chi connectivity index (χ3v) is 2.89. The molecule has 0 spiro atoms. The van der Waals surface area contributed by atoms with E-state index in [0.717, 1.165) is 14.2 Å². The van der Waals surface area contributed by atoms with Crippen LogP contribution >= 0.6 is 11.6 Å². The van der Waals surface area contributed by atoms with Gasteiger partial charge in [-0.25, -0.2) is 18.4 Å². The fourth-order valence-corrected chi connectivity index (χ4v) is 1.72. The van der Waals surface area contributed by atoms with Gasteiger partial charge in [0.25, 0.3) is 0 Å². The van der Waals surface area contributed by atoms with Gasteiger partial charge in [0.15, 0.2) is 11.6 Å². The Bertz CT molecular complexity index is 703. The van der Waals surface area contributed by atoms with Gasteiger partial charge in [0.05, 0.1) is 36.6 Å². The minimum Gasteiger partial charge on any atom is -0.466 e. The van der Waals surface area contributed by atoms with Gasteiger partial charge in [0, 0.05) is 0 Å². The highest BCUT2D eigenvalue weighted by Crippen LogP contribution is 2.38. The molecule has 24 heavy (non-hydrogen) atoms. The van der Waals surface area contributed by atoms with Gasteiger partial charge in [-0.05, 0) is 6.07 Å². The van der Waals surface area contributed by atoms with Crippen LogP contribution in [0.5, 0.6) is 0 Å².